The van der Waals surface area contributed by atoms with Gasteiger partial charge in [0.25, 0.3) is 0 Å². The van der Waals surface area contributed by atoms with E-state index in [-0.39, 0.29) is 25.6 Å². The lowest BCUT2D eigenvalue weighted by Crippen LogP contribution is -2.50. The molecule has 1 atom stereocenters. The van der Waals surface area contributed by atoms with Gasteiger partial charge in [0.1, 0.15) is 12.6 Å². The van der Waals surface area contributed by atoms with E-state index in [0.29, 0.717) is 12.8 Å². The van der Waals surface area contributed by atoms with E-state index in [1.165, 1.54) is 0 Å². The van der Waals surface area contributed by atoms with E-state index in [0.717, 1.165) is 5.56 Å². The van der Waals surface area contributed by atoms with Gasteiger partial charge in [-0.3, -0.25) is 14.4 Å². The first-order chi connectivity index (χ1) is 11.9. The molecule has 1 rings (SSSR count). The molecule has 1 aromatic rings. The van der Waals surface area contributed by atoms with Gasteiger partial charge in [0, 0.05) is 0 Å². The van der Waals surface area contributed by atoms with E-state index in [2.05, 4.69) is 10.6 Å². The van der Waals surface area contributed by atoms with Crippen molar-refractivity contribution in [2.24, 2.45) is 0 Å². The summed E-state index contributed by atoms with van der Waals surface area (Å²) in [4.78, 5) is 37.5. The number of esters is 1. The van der Waals surface area contributed by atoms with Gasteiger partial charge in [-0.1, -0.05) is 30.3 Å². The number of likely N-dealkylation sites (N-methyl/N-ethyl adjacent to an activating group) is 1. The average Bonchev–Trinajstić information content (AvgIpc) is 2.57. The molecule has 7 nitrogen and oxygen atoms in total. The highest BCUT2D eigenvalue weighted by molar-refractivity contribution is 5.90. The number of carbonyl (C=O) groups excluding carboxylic acids is 3. The second kappa shape index (κ2) is 11.2. The molecule has 7 heteroatoms. The zero-order valence-corrected chi connectivity index (χ0v) is 15.1. The van der Waals surface area contributed by atoms with Gasteiger partial charge in [-0.25, -0.2) is 0 Å². The fourth-order valence-corrected chi connectivity index (χ4v) is 2.25. The fraction of sp³-hybridized carbons (Fsp3) is 0.500. The van der Waals surface area contributed by atoms with Crippen molar-refractivity contribution in [2.75, 3.05) is 33.8 Å². The van der Waals surface area contributed by atoms with Crippen LogP contribution in [-0.2, 0) is 25.5 Å². The van der Waals surface area contributed by atoms with Crippen molar-refractivity contribution in [1.82, 2.24) is 15.5 Å². The minimum absolute atomic E-state index is 0.187. The van der Waals surface area contributed by atoms with Crippen LogP contribution in [0.4, 0.5) is 0 Å². The van der Waals surface area contributed by atoms with Crippen LogP contribution in [0.15, 0.2) is 30.3 Å². The Morgan fingerprint density at radius 2 is 1.84 bits per heavy atom. The second-order valence-corrected chi connectivity index (χ2v) is 5.90. The van der Waals surface area contributed by atoms with Gasteiger partial charge in [0.2, 0.25) is 11.8 Å². The number of ether oxygens (including phenoxy) is 1. The standard InChI is InChI=1S/C18H27N3O4/c1-4-25-17(23)12-19-18(24)15(20-16(22)13-21(2)3)11-10-14-8-6-5-7-9-14/h5-9,15H,4,10-13H2,1-3H3,(H,19,24)(H,20,22)/t15-/m0/s1. The number of nitrogens with zero attached hydrogens (tertiary/aromatic N) is 1. The van der Waals surface area contributed by atoms with Crippen LogP contribution in [0.5, 0.6) is 0 Å². The molecule has 138 valence electrons. The molecule has 0 bridgehead atoms. The molecular weight excluding hydrogens is 322 g/mol. The van der Waals surface area contributed by atoms with E-state index in [1.807, 2.05) is 30.3 Å². The molecule has 25 heavy (non-hydrogen) atoms. The number of aryl methyl sites for hydroxylation is 1. The first-order valence-corrected chi connectivity index (χ1v) is 8.33. The van der Waals surface area contributed by atoms with E-state index in [9.17, 15) is 14.4 Å². The molecule has 0 unspecified atom stereocenters. The molecule has 0 aliphatic rings. The Kier molecular flexibility index (Phi) is 9.24. The Hall–Kier alpha value is -2.41. The number of amides is 2. The van der Waals surface area contributed by atoms with Crippen molar-refractivity contribution >= 4 is 17.8 Å². The number of hydrogen-bond donors (Lipinski definition) is 2. The lowest BCUT2D eigenvalue weighted by atomic mass is 10.0. The maximum Gasteiger partial charge on any atom is 0.325 e. The summed E-state index contributed by atoms with van der Waals surface area (Å²) >= 11 is 0. The van der Waals surface area contributed by atoms with Crippen LogP contribution >= 0.6 is 0 Å². The first kappa shape index (κ1) is 20.6. The first-order valence-electron chi connectivity index (χ1n) is 8.33. The Morgan fingerprint density at radius 3 is 2.44 bits per heavy atom. The molecule has 2 amide bonds. The highest BCUT2D eigenvalue weighted by Gasteiger charge is 2.21. The Balaban J connectivity index is 2.63. The van der Waals surface area contributed by atoms with Crippen LogP contribution in [0.25, 0.3) is 0 Å². The molecule has 0 heterocycles. The van der Waals surface area contributed by atoms with Crippen LogP contribution in [-0.4, -0.2) is 62.5 Å². The van der Waals surface area contributed by atoms with Gasteiger partial charge >= 0.3 is 5.97 Å². The monoisotopic (exact) mass is 349 g/mol. The smallest absolute Gasteiger partial charge is 0.325 e. The zero-order chi connectivity index (χ0) is 18.7. The van der Waals surface area contributed by atoms with Crippen molar-refractivity contribution in [3.05, 3.63) is 35.9 Å². The summed E-state index contributed by atoms with van der Waals surface area (Å²) in [5.41, 5.74) is 1.08. The molecule has 1 aromatic carbocycles. The molecule has 0 saturated heterocycles. The summed E-state index contributed by atoms with van der Waals surface area (Å²) in [7, 11) is 3.55. The Bertz CT molecular complexity index is 561. The van der Waals surface area contributed by atoms with Crippen molar-refractivity contribution in [2.45, 2.75) is 25.8 Å². The highest BCUT2D eigenvalue weighted by Crippen LogP contribution is 2.05. The maximum absolute atomic E-state index is 12.3. The largest absolute Gasteiger partial charge is 0.465 e. The summed E-state index contributed by atoms with van der Waals surface area (Å²) in [6.45, 7) is 1.93. The molecule has 0 saturated carbocycles. The maximum atomic E-state index is 12.3. The third-order valence-corrected chi connectivity index (χ3v) is 3.39. The lowest BCUT2D eigenvalue weighted by molar-refractivity contribution is -0.143. The minimum Gasteiger partial charge on any atom is -0.465 e. The minimum atomic E-state index is -0.706. The summed E-state index contributed by atoms with van der Waals surface area (Å²) in [6, 6.07) is 9.00. The van der Waals surface area contributed by atoms with Crippen LogP contribution in [0.1, 0.15) is 18.9 Å². The molecule has 0 spiro atoms. The topological polar surface area (TPSA) is 87.7 Å². The molecular formula is C18H27N3O4. The average molecular weight is 349 g/mol. The SMILES string of the molecule is CCOC(=O)CNC(=O)[C@H](CCc1ccccc1)NC(=O)CN(C)C. The van der Waals surface area contributed by atoms with Crippen molar-refractivity contribution in [1.29, 1.82) is 0 Å². The van der Waals surface area contributed by atoms with Crippen LogP contribution in [0.3, 0.4) is 0 Å². The number of carbonyl (C=O) groups is 3. The fourth-order valence-electron chi connectivity index (χ4n) is 2.25. The Labute approximate surface area is 148 Å². The Morgan fingerprint density at radius 1 is 1.16 bits per heavy atom. The van der Waals surface area contributed by atoms with Crippen molar-refractivity contribution in [3.8, 4) is 0 Å². The summed E-state index contributed by atoms with van der Waals surface area (Å²) in [6.07, 6.45) is 1.08. The van der Waals surface area contributed by atoms with Crippen molar-refractivity contribution < 1.29 is 19.1 Å². The molecule has 0 aliphatic heterocycles. The number of rotatable bonds is 10. The van der Waals surface area contributed by atoms with Gasteiger partial charge in [-0.15, -0.1) is 0 Å². The highest BCUT2D eigenvalue weighted by atomic mass is 16.5. The van der Waals surface area contributed by atoms with E-state index in [1.54, 1.807) is 25.9 Å². The third kappa shape index (κ3) is 8.85. The van der Waals surface area contributed by atoms with Crippen LogP contribution in [0.2, 0.25) is 0 Å². The number of nitrogens with one attached hydrogen (secondary N) is 2. The van der Waals surface area contributed by atoms with Gasteiger partial charge in [0.05, 0.1) is 13.2 Å². The number of benzene rings is 1. The van der Waals surface area contributed by atoms with E-state index >= 15 is 0 Å². The summed E-state index contributed by atoms with van der Waals surface area (Å²) < 4.78 is 4.79. The molecule has 0 radical (unpaired) electrons. The molecule has 0 fully saturated rings. The van der Waals surface area contributed by atoms with Gasteiger partial charge in [-0.2, -0.15) is 0 Å². The van der Waals surface area contributed by atoms with Crippen LogP contribution < -0.4 is 10.6 Å². The van der Waals surface area contributed by atoms with Gasteiger partial charge < -0.3 is 20.3 Å². The van der Waals surface area contributed by atoms with E-state index in [4.69, 9.17) is 4.74 Å². The second-order valence-electron chi connectivity index (χ2n) is 5.90. The predicted molar refractivity (Wildman–Crippen MR) is 94.9 cm³/mol. The lowest BCUT2D eigenvalue weighted by Gasteiger charge is -2.19. The predicted octanol–water partition coefficient (Wildman–Crippen LogP) is 0.345. The molecule has 2 N–H and O–H groups in total. The van der Waals surface area contributed by atoms with Crippen LogP contribution in [0, 0.1) is 0 Å². The quantitative estimate of drug-likeness (QED) is 0.595. The molecule has 0 aliphatic carbocycles. The van der Waals surface area contributed by atoms with Gasteiger partial charge in [-0.05, 0) is 39.4 Å². The summed E-state index contributed by atoms with van der Waals surface area (Å²) in [5.74, 6) is -1.14. The van der Waals surface area contributed by atoms with E-state index < -0.39 is 17.9 Å². The molecule has 0 aromatic heterocycles. The normalized spacial score (nSPS) is 11.7. The number of hydrogen-bond acceptors (Lipinski definition) is 5. The summed E-state index contributed by atoms with van der Waals surface area (Å²) in [5, 5.41) is 5.25. The third-order valence-electron chi connectivity index (χ3n) is 3.39. The van der Waals surface area contributed by atoms with Crippen molar-refractivity contribution in [3.63, 3.8) is 0 Å². The van der Waals surface area contributed by atoms with Gasteiger partial charge in [0.15, 0.2) is 0 Å². The zero-order valence-electron chi connectivity index (χ0n) is 15.1.